The number of carbonyl (C=O) groups excluding carboxylic acids is 1. The van der Waals surface area contributed by atoms with Crippen LogP contribution in [-0.2, 0) is 7.05 Å². The lowest BCUT2D eigenvalue weighted by Gasteiger charge is -2.01. The third kappa shape index (κ3) is 1.87. The maximum Gasteiger partial charge on any atom is 0.294 e. The lowest BCUT2D eigenvalue weighted by atomic mass is 10.3. The Balaban J connectivity index is 2.65. The highest BCUT2D eigenvalue weighted by Gasteiger charge is 2.16. The molecule has 0 bridgehead atoms. The molecule has 4 N–H and O–H groups in total. The van der Waals surface area contributed by atoms with Gasteiger partial charge >= 0.3 is 0 Å². The first-order chi connectivity index (χ1) is 7.99. The summed E-state index contributed by atoms with van der Waals surface area (Å²) in [7, 11) is 1.74. The normalized spacial score (nSPS) is 10.4. The molecule has 2 heterocycles. The molecule has 2 rings (SSSR count). The number of hydrogen-bond donors (Lipinski definition) is 3. The predicted octanol–water partition coefficient (Wildman–Crippen LogP) is -1.03. The molecule has 2 aromatic heterocycles. The van der Waals surface area contributed by atoms with Crippen molar-refractivity contribution in [2.75, 3.05) is 0 Å². The number of hydrogen-bond acceptors (Lipinski definition) is 5. The molecule has 0 atom stereocenters. The Bertz CT molecular complexity index is 642. The van der Waals surface area contributed by atoms with Crippen molar-refractivity contribution >= 4 is 5.91 Å². The van der Waals surface area contributed by atoms with Gasteiger partial charge in [-0.15, -0.1) is 0 Å². The number of imidazole rings is 1. The van der Waals surface area contributed by atoms with Crippen molar-refractivity contribution < 1.29 is 9.90 Å². The van der Waals surface area contributed by atoms with Gasteiger partial charge in [0.25, 0.3) is 11.5 Å². The second-order valence-corrected chi connectivity index (χ2v) is 3.40. The fourth-order valence-corrected chi connectivity index (χ4v) is 1.30. The Labute approximate surface area is 94.8 Å². The molecule has 0 unspecified atom stereocenters. The summed E-state index contributed by atoms with van der Waals surface area (Å²) < 4.78 is 1.64. The molecular formula is C9H9N5O3. The van der Waals surface area contributed by atoms with Gasteiger partial charge in [0.05, 0.1) is 6.33 Å². The number of nitrogens with two attached hydrogens (primary N) is 1. The fraction of sp³-hybridized carbons (Fsp3) is 0.111. The number of nitrogens with one attached hydrogen (secondary N) is 1. The van der Waals surface area contributed by atoms with Crippen molar-refractivity contribution in [2.45, 2.75) is 0 Å². The third-order valence-corrected chi connectivity index (χ3v) is 2.08. The number of H-pyrrole nitrogens is 1. The number of aromatic hydroxyl groups is 1. The topological polar surface area (TPSA) is 127 Å². The van der Waals surface area contributed by atoms with Gasteiger partial charge in [0.15, 0.2) is 11.5 Å². The molecule has 0 radical (unpaired) electrons. The number of primary amides is 1. The van der Waals surface area contributed by atoms with Crippen LogP contribution in [0, 0.1) is 0 Å². The Morgan fingerprint density at radius 1 is 1.59 bits per heavy atom. The fourth-order valence-electron chi connectivity index (χ4n) is 1.30. The van der Waals surface area contributed by atoms with Gasteiger partial charge in [-0.1, -0.05) is 0 Å². The molecule has 0 saturated carbocycles. The van der Waals surface area contributed by atoms with Crippen molar-refractivity contribution in [3.05, 3.63) is 28.6 Å². The minimum Gasteiger partial charge on any atom is -0.501 e. The average Bonchev–Trinajstić information content (AvgIpc) is 2.68. The molecule has 2 aromatic rings. The predicted molar refractivity (Wildman–Crippen MR) is 57.2 cm³/mol. The number of aromatic nitrogens is 4. The molecule has 0 saturated heterocycles. The molecule has 0 fully saturated rings. The van der Waals surface area contributed by atoms with Crippen LogP contribution in [0.2, 0.25) is 0 Å². The standard InChI is InChI=1S/C9H9N5O3/c1-14-2-4(11-3-14)8-12-5(7(10)16)6(15)9(17)13-8/h2-3,15H,1H3,(H2,10,16)(H,12,13,17). The van der Waals surface area contributed by atoms with Crippen molar-refractivity contribution in [3.63, 3.8) is 0 Å². The highest BCUT2D eigenvalue weighted by Crippen LogP contribution is 2.14. The van der Waals surface area contributed by atoms with Gasteiger partial charge in [-0.25, -0.2) is 9.97 Å². The van der Waals surface area contributed by atoms with Crippen LogP contribution in [0.15, 0.2) is 17.3 Å². The minimum absolute atomic E-state index is 0.0715. The van der Waals surface area contributed by atoms with E-state index < -0.39 is 22.9 Å². The molecular weight excluding hydrogens is 226 g/mol. The van der Waals surface area contributed by atoms with E-state index in [9.17, 15) is 14.7 Å². The van der Waals surface area contributed by atoms with Gasteiger partial charge < -0.3 is 20.4 Å². The highest BCUT2D eigenvalue weighted by atomic mass is 16.3. The van der Waals surface area contributed by atoms with E-state index in [4.69, 9.17) is 5.73 Å². The van der Waals surface area contributed by atoms with Gasteiger partial charge in [0.2, 0.25) is 5.75 Å². The van der Waals surface area contributed by atoms with Crippen LogP contribution < -0.4 is 11.3 Å². The molecule has 0 aliphatic rings. The number of amides is 1. The summed E-state index contributed by atoms with van der Waals surface area (Å²) in [6, 6.07) is 0. The summed E-state index contributed by atoms with van der Waals surface area (Å²) in [6.07, 6.45) is 3.10. The van der Waals surface area contributed by atoms with E-state index in [0.29, 0.717) is 5.69 Å². The maximum atomic E-state index is 11.4. The molecule has 0 aliphatic carbocycles. The van der Waals surface area contributed by atoms with Crippen molar-refractivity contribution in [2.24, 2.45) is 12.8 Å². The number of nitrogens with zero attached hydrogens (tertiary/aromatic N) is 3. The van der Waals surface area contributed by atoms with Crippen molar-refractivity contribution in [1.82, 2.24) is 19.5 Å². The molecule has 1 amide bonds. The van der Waals surface area contributed by atoms with Crippen LogP contribution >= 0.6 is 0 Å². The Morgan fingerprint density at radius 2 is 2.29 bits per heavy atom. The van der Waals surface area contributed by atoms with Gasteiger partial charge in [-0.3, -0.25) is 9.59 Å². The van der Waals surface area contributed by atoms with Gasteiger partial charge in [0.1, 0.15) is 5.69 Å². The molecule has 88 valence electrons. The smallest absolute Gasteiger partial charge is 0.294 e. The Hall–Kier alpha value is -2.64. The summed E-state index contributed by atoms with van der Waals surface area (Å²) in [5, 5.41) is 9.31. The van der Waals surface area contributed by atoms with Crippen molar-refractivity contribution in [1.29, 1.82) is 0 Å². The number of carbonyl (C=O) groups is 1. The van der Waals surface area contributed by atoms with Crippen molar-refractivity contribution in [3.8, 4) is 17.3 Å². The first-order valence-corrected chi connectivity index (χ1v) is 4.60. The zero-order valence-corrected chi connectivity index (χ0v) is 8.84. The van der Waals surface area contributed by atoms with Crippen LogP contribution in [0.4, 0.5) is 0 Å². The maximum absolute atomic E-state index is 11.4. The summed E-state index contributed by atoms with van der Waals surface area (Å²) in [4.78, 5) is 32.4. The number of aromatic amines is 1. The summed E-state index contributed by atoms with van der Waals surface area (Å²) in [6.45, 7) is 0. The zero-order valence-electron chi connectivity index (χ0n) is 8.84. The lowest BCUT2D eigenvalue weighted by Crippen LogP contribution is -2.20. The average molecular weight is 235 g/mol. The second kappa shape index (κ2) is 3.74. The highest BCUT2D eigenvalue weighted by molar-refractivity contribution is 5.93. The summed E-state index contributed by atoms with van der Waals surface area (Å²) in [5.74, 6) is -1.70. The minimum atomic E-state index is -0.981. The van der Waals surface area contributed by atoms with Gasteiger partial charge in [0, 0.05) is 13.2 Å². The quantitative estimate of drug-likeness (QED) is 0.613. The molecule has 8 nitrogen and oxygen atoms in total. The van der Waals surface area contributed by atoms with E-state index in [1.807, 2.05) is 0 Å². The largest absolute Gasteiger partial charge is 0.501 e. The van der Waals surface area contributed by atoms with E-state index in [1.165, 1.54) is 6.33 Å². The van der Waals surface area contributed by atoms with Crippen LogP contribution in [0.25, 0.3) is 11.5 Å². The Morgan fingerprint density at radius 3 is 2.82 bits per heavy atom. The second-order valence-electron chi connectivity index (χ2n) is 3.40. The molecule has 17 heavy (non-hydrogen) atoms. The molecule has 0 aliphatic heterocycles. The van der Waals surface area contributed by atoms with Crippen LogP contribution in [0.5, 0.6) is 5.75 Å². The summed E-state index contributed by atoms with van der Waals surface area (Å²) in [5.41, 5.74) is 4.05. The zero-order chi connectivity index (χ0) is 12.6. The number of aryl methyl sites for hydroxylation is 1. The third-order valence-electron chi connectivity index (χ3n) is 2.08. The first-order valence-electron chi connectivity index (χ1n) is 4.60. The van der Waals surface area contributed by atoms with Crippen LogP contribution in [0.3, 0.4) is 0 Å². The van der Waals surface area contributed by atoms with Crippen LogP contribution in [-0.4, -0.2) is 30.5 Å². The van der Waals surface area contributed by atoms with E-state index in [2.05, 4.69) is 15.0 Å². The van der Waals surface area contributed by atoms with Gasteiger partial charge in [-0.2, -0.15) is 0 Å². The van der Waals surface area contributed by atoms with Gasteiger partial charge in [-0.05, 0) is 0 Å². The Kier molecular flexibility index (Phi) is 2.39. The number of rotatable bonds is 2. The first kappa shape index (κ1) is 10.9. The molecule has 8 heteroatoms. The SMILES string of the molecule is Cn1cnc(-c2nc(C(N)=O)c(O)c(=O)[nH]2)c1. The van der Waals surface area contributed by atoms with E-state index in [-0.39, 0.29) is 5.82 Å². The molecule has 0 aromatic carbocycles. The van der Waals surface area contributed by atoms with E-state index >= 15 is 0 Å². The van der Waals surface area contributed by atoms with Crippen LogP contribution in [0.1, 0.15) is 10.5 Å². The lowest BCUT2D eigenvalue weighted by molar-refractivity contribution is 0.0992. The van der Waals surface area contributed by atoms with E-state index in [1.54, 1.807) is 17.8 Å². The monoisotopic (exact) mass is 235 g/mol. The van der Waals surface area contributed by atoms with E-state index in [0.717, 1.165) is 0 Å². The summed E-state index contributed by atoms with van der Waals surface area (Å²) >= 11 is 0. The molecule has 0 spiro atoms.